The lowest BCUT2D eigenvalue weighted by Gasteiger charge is -2.18. The van der Waals surface area contributed by atoms with Gasteiger partial charge in [-0.05, 0) is 47.7 Å². The Kier molecular flexibility index (Phi) is 4.80. The van der Waals surface area contributed by atoms with Gasteiger partial charge in [0, 0.05) is 22.8 Å². The van der Waals surface area contributed by atoms with Crippen LogP contribution in [-0.4, -0.2) is 11.1 Å². The second-order valence-electron chi connectivity index (χ2n) is 4.55. The molecule has 1 aliphatic rings. The molecule has 1 aromatic rings. The summed E-state index contributed by atoms with van der Waals surface area (Å²) in [5, 5.41) is 0. The lowest BCUT2D eigenvalue weighted by atomic mass is 10.1. The van der Waals surface area contributed by atoms with E-state index in [1.807, 2.05) is 6.07 Å². The first kappa shape index (κ1) is 12.8. The van der Waals surface area contributed by atoms with Gasteiger partial charge in [0.1, 0.15) is 6.10 Å². The maximum Gasteiger partial charge on any atom is 0.218 e. The van der Waals surface area contributed by atoms with Crippen LogP contribution in [0.1, 0.15) is 44.1 Å². The van der Waals surface area contributed by atoms with Crippen LogP contribution in [0.25, 0.3) is 0 Å². The van der Waals surface area contributed by atoms with Crippen molar-refractivity contribution in [1.29, 1.82) is 0 Å². The number of ether oxygens (including phenoxy) is 1. The van der Waals surface area contributed by atoms with E-state index in [0.29, 0.717) is 18.5 Å². The lowest BCUT2D eigenvalue weighted by Crippen LogP contribution is -2.17. The van der Waals surface area contributed by atoms with Crippen molar-refractivity contribution < 1.29 is 4.74 Å². The van der Waals surface area contributed by atoms with E-state index in [-0.39, 0.29) is 0 Å². The van der Waals surface area contributed by atoms with Crippen molar-refractivity contribution in [1.82, 2.24) is 4.98 Å². The van der Waals surface area contributed by atoms with Gasteiger partial charge in [-0.1, -0.05) is 12.8 Å². The number of aromatic nitrogens is 1. The highest BCUT2D eigenvalue weighted by Gasteiger charge is 2.16. The third-order valence-corrected chi connectivity index (χ3v) is 3.63. The molecule has 94 valence electrons. The fourth-order valence-corrected chi connectivity index (χ4v) is 2.62. The molecule has 1 aromatic heterocycles. The van der Waals surface area contributed by atoms with Crippen LogP contribution in [0.2, 0.25) is 0 Å². The minimum atomic E-state index is 0.316. The third-order valence-electron chi connectivity index (χ3n) is 3.19. The molecule has 0 amide bonds. The smallest absolute Gasteiger partial charge is 0.218 e. The molecule has 0 bridgehead atoms. The summed E-state index contributed by atoms with van der Waals surface area (Å²) in [6.45, 7) is 0.467. The first-order chi connectivity index (χ1) is 8.29. The molecular formula is C13H19BrN2O. The normalized spacial score (nSPS) is 17.8. The Labute approximate surface area is 111 Å². The van der Waals surface area contributed by atoms with Gasteiger partial charge in [0.25, 0.3) is 0 Å². The zero-order valence-electron chi connectivity index (χ0n) is 9.99. The van der Waals surface area contributed by atoms with Gasteiger partial charge in [0.05, 0.1) is 0 Å². The summed E-state index contributed by atoms with van der Waals surface area (Å²) < 4.78 is 6.95. The van der Waals surface area contributed by atoms with Crippen LogP contribution in [0.15, 0.2) is 16.7 Å². The fourth-order valence-electron chi connectivity index (χ4n) is 2.24. The molecule has 0 aliphatic heterocycles. The minimum Gasteiger partial charge on any atom is -0.474 e. The van der Waals surface area contributed by atoms with Gasteiger partial charge in [0.15, 0.2) is 0 Å². The second kappa shape index (κ2) is 6.36. The van der Waals surface area contributed by atoms with E-state index in [9.17, 15) is 0 Å². The van der Waals surface area contributed by atoms with Crippen molar-refractivity contribution in [2.75, 3.05) is 0 Å². The number of pyridine rings is 1. The second-order valence-corrected chi connectivity index (χ2v) is 5.47. The topological polar surface area (TPSA) is 48.1 Å². The SMILES string of the molecule is NCc1cc(Br)cnc1OC1CCCCCC1. The van der Waals surface area contributed by atoms with Crippen LogP contribution in [-0.2, 0) is 6.54 Å². The summed E-state index contributed by atoms with van der Waals surface area (Å²) in [6, 6.07) is 1.99. The zero-order chi connectivity index (χ0) is 12.1. The summed E-state index contributed by atoms with van der Waals surface area (Å²) in [7, 11) is 0. The van der Waals surface area contributed by atoms with Crippen LogP contribution < -0.4 is 10.5 Å². The van der Waals surface area contributed by atoms with Crippen molar-refractivity contribution in [2.45, 2.75) is 51.2 Å². The number of nitrogens with zero attached hydrogens (tertiary/aromatic N) is 1. The van der Waals surface area contributed by atoms with Gasteiger partial charge in [0.2, 0.25) is 5.88 Å². The van der Waals surface area contributed by atoms with Crippen molar-refractivity contribution in [3.05, 3.63) is 22.3 Å². The van der Waals surface area contributed by atoms with E-state index in [1.54, 1.807) is 6.20 Å². The van der Waals surface area contributed by atoms with E-state index in [2.05, 4.69) is 20.9 Å². The molecule has 1 fully saturated rings. The van der Waals surface area contributed by atoms with Crippen LogP contribution in [0, 0.1) is 0 Å². The summed E-state index contributed by atoms with van der Waals surface area (Å²) >= 11 is 3.40. The first-order valence-electron chi connectivity index (χ1n) is 6.30. The Bertz CT molecular complexity index is 362. The maximum absolute atomic E-state index is 6.00. The summed E-state index contributed by atoms with van der Waals surface area (Å²) in [5.41, 5.74) is 6.69. The molecule has 4 heteroatoms. The van der Waals surface area contributed by atoms with E-state index in [0.717, 1.165) is 22.9 Å². The van der Waals surface area contributed by atoms with Gasteiger partial charge in [-0.15, -0.1) is 0 Å². The minimum absolute atomic E-state index is 0.316. The number of hydrogen-bond acceptors (Lipinski definition) is 3. The van der Waals surface area contributed by atoms with Crippen LogP contribution in [0.3, 0.4) is 0 Å². The molecule has 2 N–H and O–H groups in total. The highest BCUT2D eigenvalue weighted by molar-refractivity contribution is 9.10. The van der Waals surface area contributed by atoms with Crippen LogP contribution in [0.5, 0.6) is 5.88 Å². The summed E-state index contributed by atoms with van der Waals surface area (Å²) in [4.78, 5) is 4.32. The van der Waals surface area contributed by atoms with E-state index >= 15 is 0 Å². The first-order valence-corrected chi connectivity index (χ1v) is 7.10. The Balaban J connectivity index is 2.06. The number of hydrogen-bond donors (Lipinski definition) is 1. The predicted molar refractivity (Wildman–Crippen MR) is 71.9 cm³/mol. The van der Waals surface area contributed by atoms with Gasteiger partial charge < -0.3 is 10.5 Å². The average molecular weight is 299 g/mol. The van der Waals surface area contributed by atoms with Gasteiger partial charge in [-0.2, -0.15) is 0 Å². The molecule has 17 heavy (non-hydrogen) atoms. The lowest BCUT2D eigenvalue weighted by molar-refractivity contribution is 0.174. The fraction of sp³-hybridized carbons (Fsp3) is 0.615. The summed E-state index contributed by atoms with van der Waals surface area (Å²) in [6.07, 6.45) is 9.55. The van der Waals surface area contributed by atoms with E-state index in [1.165, 1.54) is 25.7 Å². The standard InChI is InChI=1S/C13H19BrN2O/c14-11-7-10(8-15)13(16-9-11)17-12-5-3-1-2-4-6-12/h7,9,12H,1-6,8,15H2. The molecule has 0 atom stereocenters. The monoisotopic (exact) mass is 298 g/mol. The highest BCUT2D eigenvalue weighted by Crippen LogP contribution is 2.25. The van der Waals surface area contributed by atoms with Gasteiger partial charge in [-0.25, -0.2) is 4.98 Å². The summed E-state index contributed by atoms with van der Waals surface area (Å²) in [5.74, 6) is 0.711. The molecule has 0 unspecified atom stereocenters. The molecule has 0 spiro atoms. The Morgan fingerprint density at radius 3 is 2.65 bits per heavy atom. The maximum atomic E-state index is 6.00. The van der Waals surface area contributed by atoms with E-state index < -0.39 is 0 Å². The number of rotatable bonds is 3. The predicted octanol–water partition coefficient (Wildman–Crippen LogP) is 3.40. The van der Waals surface area contributed by atoms with Crippen molar-refractivity contribution in [3.63, 3.8) is 0 Å². The van der Waals surface area contributed by atoms with E-state index in [4.69, 9.17) is 10.5 Å². The Morgan fingerprint density at radius 2 is 2.00 bits per heavy atom. The molecule has 1 saturated carbocycles. The van der Waals surface area contributed by atoms with Crippen LogP contribution >= 0.6 is 15.9 Å². The van der Waals surface area contributed by atoms with Crippen molar-refractivity contribution in [3.8, 4) is 5.88 Å². The Hall–Kier alpha value is -0.610. The molecule has 1 aliphatic carbocycles. The zero-order valence-corrected chi connectivity index (χ0v) is 11.6. The molecular weight excluding hydrogens is 280 g/mol. The highest BCUT2D eigenvalue weighted by atomic mass is 79.9. The average Bonchev–Trinajstić information content (AvgIpc) is 2.60. The van der Waals surface area contributed by atoms with Crippen LogP contribution in [0.4, 0.5) is 0 Å². The quantitative estimate of drug-likeness (QED) is 0.870. The van der Waals surface area contributed by atoms with Gasteiger partial charge >= 0.3 is 0 Å². The Morgan fingerprint density at radius 1 is 1.29 bits per heavy atom. The third kappa shape index (κ3) is 3.68. The van der Waals surface area contributed by atoms with Crippen molar-refractivity contribution >= 4 is 15.9 Å². The molecule has 1 heterocycles. The molecule has 0 saturated heterocycles. The molecule has 0 radical (unpaired) electrons. The number of halogens is 1. The molecule has 0 aromatic carbocycles. The number of nitrogens with two attached hydrogens (primary N) is 1. The van der Waals surface area contributed by atoms with Gasteiger partial charge in [-0.3, -0.25) is 0 Å². The molecule has 3 nitrogen and oxygen atoms in total. The van der Waals surface area contributed by atoms with Crippen molar-refractivity contribution in [2.24, 2.45) is 5.73 Å². The molecule has 2 rings (SSSR count). The largest absolute Gasteiger partial charge is 0.474 e.